The van der Waals surface area contributed by atoms with E-state index in [-0.39, 0.29) is 40.8 Å². The van der Waals surface area contributed by atoms with Gasteiger partial charge in [0.15, 0.2) is 11.5 Å². The maximum atomic E-state index is 12.8. The minimum atomic E-state index is -4.92. The molecule has 1 aliphatic rings. The number of ether oxygens (including phenoxy) is 2. The first kappa shape index (κ1) is 26.0. The lowest BCUT2D eigenvalue weighted by molar-refractivity contribution is -0.275. The van der Waals surface area contributed by atoms with E-state index < -0.39 is 23.7 Å². The Labute approximate surface area is 209 Å². The molecule has 1 saturated heterocycles. The van der Waals surface area contributed by atoms with Crippen molar-refractivity contribution < 1.29 is 27.4 Å². The van der Waals surface area contributed by atoms with Gasteiger partial charge in [0.05, 0.1) is 24.7 Å². The standard InChI is InChI=1S/C23H26F3N7O4/c1-6-14-10-32(4)22(35)33(14)21-29-12(3)28-20(31-21)27-11(2)15-7-13-8-18(37-23(24,25)26)17(36-5)9-16(13)30-19(15)34/h7-9,11,14H,6,10H2,1-5H3,(H,30,34)(H,27,28,29,31)/t11-,14-/m0/s1. The van der Waals surface area contributed by atoms with Gasteiger partial charge in [0.2, 0.25) is 11.9 Å². The second kappa shape index (κ2) is 9.75. The van der Waals surface area contributed by atoms with Crippen LogP contribution in [0.1, 0.15) is 37.7 Å². The van der Waals surface area contributed by atoms with Crippen molar-refractivity contribution >= 4 is 28.8 Å². The highest BCUT2D eigenvalue weighted by atomic mass is 19.4. The SMILES string of the molecule is CC[C@H]1CN(C)C(=O)N1c1nc(C)nc(N[C@@H](C)c2cc3cc(OC(F)(F)F)c(OC)cc3[nH]c2=O)n1. The highest BCUT2D eigenvalue weighted by Crippen LogP contribution is 2.35. The largest absolute Gasteiger partial charge is 0.573 e. The van der Waals surface area contributed by atoms with E-state index in [1.165, 1.54) is 24.1 Å². The van der Waals surface area contributed by atoms with Gasteiger partial charge >= 0.3 is 12.4 Å². The third kappa shape index (κ3) is 5.37. The molecule has 11 nitrogen and oxygen atoms in total. The highest BCUT2D eigenvalue weighted by molar-refractivity contribution is 5.93. The zero-order valence-electron chi connectivity index (χ0n) is 20.8. The summed E-state index contributed by atoms with van der Waals surface area (Å²) >= 11 is 0. The number of hydrogen-bond acceptors (Lipinski definition) is 8. The average Bonchev–Trinajstić information content (AvgIpc) is 3.10. The van der Waals surface area contributed by atoms with E-state index in [1.54, 1.807) is 25.8 Å². The Morgan fingerprint density at radius 1 is 1.19 bits per heavy atom. The van der Waals surface area contributed by atoms with Crippen LogP contribution in [0.25, 0.3) is 10.9 Å². The second-order valence-electron chi connectivity index (χ2n) is 8.66. The molecule has 3 heterocycles. The summed E-state index contributed by atoms with van der Waals surface area (Å²) in [5.41, 5.74) is 0.0268. The van der Waals surface area contributed by atoms with E-state index >= 15 is 0 Å². The molecule has 2 atom stereocenters. The summed E-state index contributed by atoms with van der Waals surface area (Å²) in [6.45, 7) is 5.84. The molecule has 0 radical (unpaired) electrons. The monoisotopic (exact) mass is 521 g/mol. The van der Waals surface area contributed by atoms with Gasteiger partial charge in [-0.1, -0.05) is 6.92 Å². The van der Waals surface area contributed by atoms with Crippen molar-refractivity contribution in [3.05, 3.63) is 39.9 Å². The number of carbonyl (C=O) groups is 1. The van der Waals surface area contributed by atoms with Crippen LogP contribution < -0.4 is 25.2 Å². The smallest absolute Gasteiger partial charge is 0.493 e. The number of halogens is 3. The zero-order valence-corrected chi connectivity index (χ0v) is 20.8. The Hall–Kier alpha value is -4.10. The van der Waals surface area contributed by atoms with Gasteiger partial charge in [0, 0.05) is 30.6 Å². The number of anilines is 2. The van der Waals surface area contributed by atoms with Gasteiger partial charge in [-0.05, 0) is 32.4 Å². The normalized spacial score (nSPS) is 16.9. The number of pyridine rings is 1. The van der Waals surface area contributed by atoms with Crippen LogP contribution in [0.4, 0.5) is 29.9 Å². The number of likely N-dealkylation sites (N-methyl/N-ethyl adjacent to an activating group) is 1. The molecule has 0 unspecified atom stereocenters. The Kier molecular flexibility index (Phi) is 6.84. The van der Waals surface area contributed by atoms with Crippen LogP contribution in [0, 0.1) is 6.92 Å². The van der Waals surface area contributed by atoms with E-state index in [9.17, 15) is 22.8 Å². The summed E-state index contributed by atoms with van der Waals surface area (Å²) in [5.74, 6) is -0.0191. The number of nitrogens with zero attached hydrogens (tertiary/aromatic N) is 5. The minimum Gasteiger partial charge on any atom is -0.493 e. The number of fused-ring (bicyclic) bond motifs is 1. The van der Waals surface area contributed by atoms with E-state index in [4.69, 9.17) is 4.74 Å². The lowest BCUT2D eigenvalue weighted by Gasteiger charge is -2.21. The minimum absolute atomic E-state index is 0.0991. The number of benzene rings is 1. The predicted octanol–water partition coefficient (Wildman–Crippen LogP) is 3.75. The van der Waals surface area contributed by atoms with Crippen molar-refractivity contribution in [3.63, 3.8) is 0 Å². The van der Waals surface area contributed by atoms with Gasteiger partial charge in [0.25, 0.3) is 5.56 Å². The molecule has 0 aliphatic carbocycles. The van der Waals surface area contributed by atoms with Crippen molar-refractivity contribution in [1.82, 2.24) is 24.8 Å². The molecule has 37 heavy (non-hydrogen) atoms. The molecule has 2 amide bonds. The number of nitrogens with one attached hydrogen (secondary N) is 2. The molecule has 0 spiro atoms. The number of methoxy groups -OCH3 is 1. The fourth-order valence-electron chi connectivity index (χ4n) is 4.20. The third-order valence-electron chi connectivity index (χ3n) is 6.00. The van der Waals surface area contributed by atoms with Gasteiger partial charge in [-0.25, -0.2) is 4.79 Å². The first-order valence-electron chi connectivity index (χ1n) is 11.4. The first-order valence-corrected chi connectivity index (χ1v) is 11.4. The number of H-pyrrole nitrogens is 1. The van der Waals surface area contributed by atoms with Crippen LogP contribution in [0.15, 0.2) is 23.0 Å². The fourth-order valence-corrected chi connectivity index (χ4v) is 4.20. The highest BCUT2D eigenvalue weighted by Gasteiger charge is 2.37. The summed E-state index contributed by atoms with van der Waals surface area (Å²) in [4.78, 5) is 44.3. The van der Waals surface area contributed by atoms with E-state index in [1.807, 2.05) is 6.92 Å². The second-order valence-corrected chi connectivity index (χ2v) is 8.66. The van der Waals surface area contributed by atoms with Crippen molar-refractivity contribution in [2.45, 2.75) is 45.6 Å². The molecule has 0 bridgehead atoms. The molecular weight excluding hydrogens is 495 g/mol. The summed E-state index contributed by atoms with van der Waals surface area (Å²) in [5, 5.41) is 3.33. The summed E-state index contributed by atoms with van der Waals surface area (Å²) in [7, 11) is 2.90. The summed E-state index contributed by atoms with van der Waals surface area (Å²) in [6.07, 6.45) is -4.21. The topological polar surface area (TPSA) is 126 Å². The van der Waals surface area contributed by atoms with Gasteiger partial charge in [-0.15, -0.1) is 13.2 Å². The van der Waals surface area contributed by atoms with Crippen LogP contribution in [0.3, 0.4) is 0 Å². The van der Waals surface area contributed by atoms with E-state index in [2.05, 4.69) is 30.0 Å². The number of rotatable bonds is 7. The van der Waals surface area contributed by atoms with Gasteiger partial charge in [0.1, 0.15) is 5.82 Å². The number of amides is 2. The number of aromatic nitrogens is 4. The van der Waals surface area contributed by atoms with Crippen LogP contribution in [0.2, 0.25) is 0 Å². The molecule has 1 aromatic carbocycles. The number of hydrogen-bond donors (Lipinski definition) is 2. The van der Waals surface area contributed by atoms with Gasteiger partial charge < -0.3 is 24.7 Å². The number of alkyl halides is 3. The Balaban J connectivity index is 1.67. The van der Waals surface area contributed by atoms with Crippen LogP contribution >= 0.6 is 0 Å². The first-order chi connectivity index (χ1) is 17.4. The predicted molar refractivity (Wildman–Crippen MR) is 129 cm³/mol. The van der Waals surface area contributed by atoms with Crippen molar-refractivity contribution in [2.24, 2.45) is 0 Å². The summed E-state index contributed by atoms with van der Waals surface area (Å²) in [6, 6.07) is 2.87. The molecule has 198 valence electrons. The number of aromatic amines is 1. The third-order valence-corrected chi connectivity index (χ3v) is 6.00. The zero-order chi connectivity index (χ0) is 27.1. The van der Waals surface area contributed by atoms with E-state index in [0.29, 0.717) is 24.2 Å². The molecule has 4 rings (SSSR count). The molecule has 2 aromatic heterocycles. The van der Waals surface area contributed by atoms with Crippen LogP contribution in [-0.4, -0.2) is 64.0 Å². The van der Waals surface area contributed by atoms with Crippen molar-refractivity contribution in [2.75, 3.05) is 30.9 Å². The quantitative estimate of drug-likeness (QED) is 0.482. The lowest BCUT2D eigenvalue weighted by atomic mass is 10.1. The summed E-state index contributed by atoms with van der Waals surface area (Å²) < 4.78 is 47.6. The number of urea groups is 1. The van der Waals surface area contributed by atoms with E-state index in [0.717, 1.165) is 6.07 Å². The molecule has 14 heteroatoms. The maximum Gasteiger partial charge on any atom is 0.573 e. The number of aryl methyl sites for hydroxylation is 1. The molecule has 2 N–H and O–H groups in total. The molecular formula is C23H26F3N7O4. The Morgan fingerprint density at radius 2 is 1.92 bits per heavy atom. The maximum absolute atomic E-state index is 12.8. The van der Waals surface area contributed by atoms with Crippen molar-refractivity contribution in [3.8, 4) is 11.5 Å². The molecule has 1 aliphatic heterocycles. The lowest BCUT2D eigenvalue weighted by Crippen LogP contribution is -2.36. The Bertz CT molecular complexity index is 1400. The van der Waals surface area contributed by atoms with Crippen LogP contribution in [0.5, 0.6) is 11.5 Å². The number of carbonyl (C=O) groups excluding carboxylic acids is 1. The van der Waals surface area contributed by atoms with Gasteiger partial charge in [-0.3, -0.25) is 9.69 Å². The average molecular weight is 522 g/mol. The fraction of sp³-hybridized carbons (Fsp3) is 0.435. The van der Waals surface area contributed by atoms with Crippen LogP contribution in [-0.2, 0) is 0 Å². The molecule has 3 aromatic rings. The molecule has 1 fully saturated rings. The van der Waals surface area contributed by atoms with Gasteiger partial charge in [-0.2, -0.15) is 15.0 Å². The molecule has 0 saturated carbocycles. The Morgan fingerprint density at radius 3 is 2.57 bits per heavy atom. The van der Waals surface area contributed by atoms with Crippen molar-refractivity contribution in [1.29, 1.82) is 0 Å².